The first-order valence-corrected chi connectivity index (χ1v) is 8.09. The molecule has 1 saturated carbocycles. The molecule has 20 heavy (non-hydrogen) atoms. The average molecular weight is 288 g/mol. The summed E-state index contributed by atoms with van der Waals surface area (Å²) in [5, 5.41) is 6.65. The summed E-state index contributed by atoms with van der Waals surface area (Å²) in [5.41, 5.74) is 1.38. The maximum Gasteiger partial charge on any atom is 0.0376 e. The molecule has 0 amide bonds. The Morgan fingerprint density at radius 1 is 1.00 bits per heavy atom. The predicted octanol–water partition coefficient (Wildman–Crippen LogP) is 4.73. The molecule has 0 saturated heterocycles. The van der Waals surface area contributed by atoms with Gasteiger partial charge in [-0.05, 0) is 41.6 Å². The summed E-state index contributed by atoms with van der Waals surface area (Å²) in [4.78, 5) is 0. The molecule has 2 atom stereocenters. The molecule has 2 heteroatoms. The second kappa shape index (κ2) is 6.60. The van der Waals surface area contributed by atoms with E-state index in [0.29, 0.717) is 11.3 Å². The van der Waals surface area contributed by atoms with Crippen LogP contribution in [0.1, 0.15) is 31.2 Å². The Hall–Kier alpha value is -1.05. The molecule has 2 aromatic carbocycles. The lowest BCUT2D eigenvalue weighted by molar-refractivity contribution is 0.348. The normalized spacial score (nSPS) is 23.1. The largest absolute Gasteiger partial charge is 0.312 e. The number of fused-ring (bicyclic) bond motifs is 1. The Balaban J connectivity index is 1.62. The number of hydrogen-bond acceptors (Lipinski definition) is 1. The Labute approximate surface area is 126 Å². The van der Waals surface area contributed by atoms with Gasteiger partial charge in [0.2, 0.25) is 0 Å². The van der Waals surface area contributed by atoms with Crippen molar-refractivity contribution in [1.29, 1.82) is 0 Å². The molecule has 1 aliphatic rings. The second-order valence-electron chi connectivity index (χ2n) is 5.83. The van der Waals surface area contributed by atoms with Gasteiger partial charge in [0, 0.05) is 11.9 Å². The minimum absolute atomic E-state index is 0.365. The molecule has 1 aliphatic carbocycles. The molecule has 1 fully saturated rings. The predicted molar refractivity (Wildman–Crippen MR) is 87.3 cm³/mol. The number of nitrogens with one attached hydrogen (secondary N) is 1. The quantitative estimate of drug-likeness (QED) is 0.802. The van der Waals surface area contributed by atoms with E-state index >= 15 is 0 Å². The Morgan fingerprint density at radius 3 is 2.70 bits per heavy atom. The van der Waals surface area contributed by atoms with E-state index in [1.54, 1.807) is 0 Å². The summed E-state index contributed by atoms with van der Waals surface area (Å²) in [7, 11) is 0. The lowest BCUT2D eigenvalue weighted by Crippen LogP contribution is -2.30. The van der Waals surface area contributed by atoms with Gasteiger partial charge in [-0.3, -0.25) is 0 Å². The summed E-state index contributed by atoms with van der Waals surface area (Å²) in [5.74, 6) is 0.639. The average Bonchev–Trinajstić information content (AvgIpc) is 2.49. The highest BCUT2D eigenvalue weighted by Crippen LogP contribution is 2.28. The maximum atomic E-state index is 6.42. The number of hydrogen-bond donors (Lipinski definition) is 1. The lowest BCUT2D eigenvalue weighted by atomic mass is 9.88. The summed E-state index contributed by atoms with van der Waals surface area (Å²) >= 11 is 6.42. The van der Waals surface area contributed by atoms with Gasteiger partial charge >= 0.3 is 0 Å². The van der Waals surface area contributed by atoms with Crippen molar-refractivity contribution in [1.82, 2.24) is 5.32 Å². The van der Waals surface area contributed by atoms with Crippen LogP contribution in [-0.2, 0) is 6.54 Å². The van der Waals surface area contributed by atoms with Crippen molar-refractivity contribution in [3.63, 3.8) is 0 Å². The van der Waals surface area contributed by atoms with Gasteiger partial charge in [-0.1, -0.05) is 55.3 Å². The summed E-state index contributed by atoms with van der Waals surface area (Å²) < 4.78 is 0. The summed E-state index contributed by atoms with van der Waals surface area (Å²) in [6, 6.07) is 15.1. The molecule has 106 valence electrons. The zero-order chi connectivity index (χ0) is 13.8. The van der Waals surface area contributed by atoms with Gasteiger partial charge in [-0.15, -0.1) is 11.6 Å². The van der Waals surface area contributed by atoms with Gasteiger partial charge in [0.1, 0.15) is 0 Å². The van der Waals surface area contributed by atoms with Crippen LogP contribution in [0.3, 0.4) is 0 Å². The highest BCUT2D eigenvalue weighted by molar-refractivity contribution is 6.20. The first-order chi connectivity index (χ1) is 9.84. The summed E-state index contributed by atoms with van der Waals surface area (Å²) in [6.45, 7) is 1.97. The molecule has 0 aliphatic heterocycles. The van der Waals surface area contributed by atoms with Crippen LogP contribution in [0.4, 0.5) is 0 Å². The first kappa shape index (κ1) is 13.9. The van der Waals surface area contributed by atoms with Crippen molar-refractivity contribution < 1.29 is 0 Å². The topological polar surface area (TPSA) is 12.0 Å². The van der Waals surface area contributed by atoms with Crippen molar-refractivity contribution in [3.05, 3.63) is 48.0 Å². The van der Waals surface area contributed by atoms with E-state index < -0.39 is 0 Å². The molecule has 2 aromatic rings. The lowest BCUT2D eigenvalue weighted by Gasteiger charge is -2.27. The zero-order valence-electron chi connectivity index (χ0n) is 11.8. The minimum Gasteiger partial charge on any atom is -0.312 e. The SMILES string of the molecule is ClC1CCCCC1CNCc1cccc2ccccc12. The van der Waals surface area contributed by atoms with Crippen LogP contribution in [-0.4, -0.2) is 11.9 Å². The fourth-order valence-electron chi connectivity index (χ4n) is 3.23. The van der Waals surface area contributed by atoms with Crippen molar-refractivity contribution in [3.8, 4) is 0 Å². The maximum absolute atomic E-state index is 6.42. The standard InChI is InChI=1S/C18H22ClN/c19-18-11-4-2-7-16(18)13-20-12-15-9-5-8-14-6-1-3-10-17(14)15/h1,3,5-6,8-10,16,18,20H,2,4,7,11-13H2. The van der Waals surface area contributed by atoms with E-state index in [-0.39, 0.29) is 0 Å². The molecule has 1 N–H and O–H groups in total. The van der Waals surface area contributed by atoms with E-state index in [9.17, 15) is 0 Å². The van der Waals surface area contributed by atoms with Gasteiger partial charge in [0.15, 0.2) is 0 Å². The molecule has 3 rings (SSSR count). The molecule has 1 nitrogen and oxygen atoms in total. The van der Waals surface area contributed by atoms with Crippen LogP contribution >= 0.6 is 11.6 Å². The van der Waals surface area contributed by atoms with Gasteiger partial charge in [-0.2, -0.15) is 0 Å². The third kappa shape index (κ3) is 3.16. The Bertz CT molecular complexity index is 561. The Morgan fingerprint density at radius 2 is 1.80 bits per heavy atom. The molecule has 0 heterocycles. The molecule has 0 radical (unpaired) electrons. The van der Waals surface area contributed by atoms with E-state index in [1.165, 1.54) is 42.0 Å². The monoisotopic (exact) mass is 287 g/mol. The van der Waals surface area contributed by atoms with Crippen LogP contribution in [0.2, 0.25) is 0 Å². The summed E-state index contributed by atoms with van der Waals surface area (Å²) in [6.07, 6.45) is 5.09. The third-order valence-electron chi connectivity index (χ3n) is 4.42. The molecular formula is C18H22ClN. The smallest absolute Gasteiger partial charge is 0.0376 e. The van der Waals surface area contributed by atoms with Gasteiger partial charge in [-0.25, -0.2) is 0 Å². The van der Waals surface area contributed by atoms with Crippen molar-refractivity contribution in [2.24, 2.45) is 5.92 Å². The van der Waals surface area contributed by atoms with Crippen molar-refractivity contribution in [2.75, 3.05) is 6.54 Å². The van der Waals surface area contributed by atoms with E-state index in [4.69, 9.17) is 11.6 Å². The molecule has 0 aromatic heterocycles. The highest BCUT2D eigenvalue weighted by atomic mass is 35.5. The third-order valence-corrected chi connectivity index (χ3v) is 4.99. The number of halogens is 1. The first-order valence-electron chi connectivity index (χ1n) is 7.66. The molecular weight excluding hydrogens is 266 g/mol. The van der Waals surface area contributed by atoms with Gasteiger partial charge < -0.3 is 5.32 Å². The minimum atomic E-state index is 0.365. The second-order valence-corrected chi connectivity index (χ2v) is 6.39. The number of rotatable bonds is 4. The van der Waals surface area contributed by atoms with E-state index in [2.05, 4.69) is 47.8 Å². The molecule has 0 spiro atoms. The fraction of sp³-hybridized carbons (Fsp3) is 0.444. The van der Waals surface area contributed by atoms with Crippen LogP contribution in [0.25, 0.3) is 10.8 Å². The molecule has 0 bridgehead atoms. The Kier molecular flexibility index (Phi) is 4.59. The zero-order valence-corrected chi connectivity index (χ0v) is 12.6. The highest BCUT2D eigenvalue weighted by Gasteiger charge is 2.22. The van der Waals surface area contributed by atoms with Crippen LogP contribution in [0, 0.1) is 5.92 Å². The van der Waals surface area contributed by atoms with Crippen LogP contribution < -0.4 is 5.32 Å². The van der Waals surface area contributed by atoms with Gasteiger partial charge in [0.25, 0.3) is 0 Å². The fourth-order valence-corrected chi connectivity index (χ4v) is 3.60. The van der Waals surface area contributed by atoms with Gasteiger partial charge in [0.05, 0.1) is 0 Å². The van der Waals surface area contributed by atoms with Crippen LogP contribution in [0.5, 0.6) is 0 Å². The number of alkyl halides is 1. The number of benzene rings is 2. The van der Waals surface area contributed by atoms with E-state index in [1.807, 2.05) is 0 Å². The van der Waals surface area contributed by atoms with Crippen LogP contribution in [0.15, 0.2) is 42.5 Å². The van der Waals surface area contributed by atoms with E-state index in [0.717, 1.165) is 13.1 Å². The molecule has 2 unspecified atom stereocenters. The van der Waals surface area contributed by atoms with Crippen molar-refractivity contribution in [2.45, 2.75) is 37.6 Å². The van der Waals surface area contributed by atoms with Crippen molar-refractivity contribution >= 4 is 22.4 Å².